The summed E-state index contributed by atoms with van der Waals surface area (Å²) in [6, 6.07) is 4.50. The number of rotatable bonds is 2. The molecular weight excluding hydrogens is 238 g/mol. The fourth-order valence-electron chi connectivity index (χ4n) is 0.904. The van der Waals surface area contributed by atoms with Crippen molar-refractivity contribution in [1.82, 2.24) is 0 Å². The largest absolute Gasteiger partial charge is 0.350 e. The van der Waals surface area contributed by atoms with Crippen molar-refractivity contribution in [3.63, 3.8) is 0 Å². The molecule has 0 bridgehead atoms. The maximum atomic E-state index is 10.9. The SMILES string of the molecule is NC(=O)N(S)c1ccc(S(N)(=O)=O)cc1. The normalized spacial score (nSPS) is 11.1. The number of primary amides is 1. The van der Waals surface area contributed by atoms with Crippen molar-refractivity contribution in [2.45, 2.75) is 4.90 Å². The van der Waals surface area contributed by atoms with Gasteiger partial charge in [-0.15, -0.1) is 0 Å². The molecule has 15 heavy (non-hydrogen) atoms. The molecule has 0 spiro atoms. The molecule has 0 heterocycles. The lowest BCUT2D eigenvalue weighted by Crippen LogP contribution is -2.27. The summed E-state index contributed by atoms with van der Waals surface area (Å²) in [6.07, 6.45) is 0. The van der Waals surface area contributed by atoms with Crippen molar-refractivity contribution in [3.05, 3.63) is 24.3 Å². The smallest absolute Gasteiger partial charge is 0.329 e. The van der Waals surface area contributed by atoms with Crippen molar-refractivity contribution < 1.29 is 13.2 Å². The summed E-state index contributed by atoms with van der Waals surface area (Å²) in [6.45, 7) is 0. The summed E-state index contributed by atoms with van der Waals surface area (Å²) in [5.74, 6) is 0. The first-order valence-electron chi connectivity index (χ1n) is 3.73. The van der Waals surface area contributed by atoms with Crippen LogP contribution in [0.4, 0.5) is 10.5 Å². The number of anilines is 1. The van der Waals surface area contributed by atoms with E-state index in [4.69, 9.17) is 10.9 Å². The van der Waals surface area contributed by atoms with Gasteiger partial charge in [0.2, 0.25) is 10.0 Å². The van der Waals surface area contributed by atoms with Gasteiger partial charge >= 0.3 is 6.03 Å². The minimum atomic E-state index is -3.73. The maximum absolute atomic E-state index is 10.9. The number of thiol groups is 1. The van der Waals surface area contributed by atoms with Crippen molar-refractivity contribution in [3.8, 4) is 0 Å². The van der Waals surface area contributed by atoms with Crippen molar-refractivity contribution in [2.75, 3.05) is 4.31 Å². The lowest BCUT2D eigenvalue weighted by Gasteiger charge is -2.12. The summed E-state index contributed by atoms with van der Waals surface area (Å²) >= 11 is 3.80. The molecule has 0 atom stereocenters. The number of nitrogens with two attached hydrogens (primary N) is 2. The Morgan fingerprint density at radius 1 is 1.27 bits per heavy atom. The van der Waals surface area contributed by atoms with Gasteiger partial charge in [-0.3, -0.25) is 0 Å². The third-order valence-corrected chi connectivity index (χ3v) is 2.98. The topological polar surface area (TPSA) is 106 Å². The first-order chi connectivity index (χ1) is 6.82. The Labute approximate surface area is 92.4 Å². The maximum Gasteiger partial charge on any atom is 0.329 e. The van der Waals surface area contributed by atoms with Crippen LogP contribution >= 0.6 is 12.8 Å². The zero-order valence-electron chi connectivity index (χ0n) is 7.49. The molecule has 4 N–H and O–H groups in total. The predicted octanol–water partition coefficient (Wildman–Crippen LogP) is 0.0639. The van der Waals surface area contributed by atoms with E-state index in [9.17, 15) is 13.2 Å². The molecule has 0 aliphatic heterocycles. The number of hydrogen-bond donors (Lipinski definition) is 3. The lowest BCUT2D eigenvalue weighted by atomic mass is 10.3. The molecule has 1 aromatic carbocycles. The molecule has 0 radical (unpaired) electrons. The Morgan fingerprint density at radius 2 is 1.73 bits per heavy atom. The Hall–Kier alpha value is -1.25. The Bertz CT molecular complexity index is 469. The van der Waals surface area contributed by atoms with E-state index in [-0.39, 0.29) is 4.90 Å². The number of urea groups is 1. The number of carbonyl (C=O) groups is 1. The van der Waals surface area contributed by atoms with Crippen LogP contribution in [-0.2, 0) is 10.0 Å². The van der Waals surface area contributed by atoms with E-state index in [1.165, 1.54) is 24.3 Å². The zero-order valence-corrected chi connectivity index (χ0v) is 9.20. The van der Waals surface area contributed by atoms with Crippen LogP contribution < -0.4 is 15.2 Å². The average molecular weight is 247 g/mol. The number of nitrogens with zero attached hydrogens (tertiary/aromatic N) is 1. The summed E-state index contributed by atoms with van der Waals surface area (Å²) < 4.78 is 22.7. The molecule has 0 saturated carbocycles. The highest BCUT2D eigenvalue weighted by Crippen LogP contribution is 2.18. The monoisotopic (exact) mass is 247 g/mol. The molecule has 6 nitrogen and oxygen atoms in total. The van der Waals surface area contributed by atoms with E-state index in [0.717, 1.165) is 4.31 Å². The second kappa shape index (κ2) is 4.09. The fourth-order valence-corrected chi connectivity index (χ4v) is 1.55. The molecule has 0 unspecified atom stereocenters. The number of amides is 2. The van der Waals surface area contributed by atoms with E-state index in [2.05, 4.69) is 12.8 Å². The molecule has 0 aliphatic rings. The number of benzene rings is 1. The van der Waals surface area contributed by atoms with Gasteiger partial charge in [0.1, 0.15) is 0 Å². The molecule has 0 aromatic heterocycles. The zero-order chi connectivity index (χ0) is 11.6. The van der Waals surface area contributed by atoms with Crippen molar-refractivity contribution >= 4 is 34.6 Å². The van der Waals surface area contributed by atoms with Gasteiger partial charge in [0.25, 0.3) is 0 Å². The van der Waals surface area contributed by atoms with Crippen LogP contribution in [0.15, 0.2) is 29.2 Å². The minimum absolute atomic E-state index is 0.0440. The first kappa shape index (κ1) is 11.8. The second-order valence-electron chi connectivity index (χ2n) is 2.69. The number of primary sulfonamides is 1. The molecule has 2 amide bonds. The molecule has 82 valence electrons. The third kappa shape index (κ3) is 2.85. The van der Waals surface area contributed by atoms with Crippen LogP contribution in [0.1, 0.15) is 0 Å². The Morgan fingerprint density at radius 3 is 2.07 bits per heavy atom. The highest BCUT2D eigenvalue weighted by molar-refractivity contribution is 7.89. The van der Waals surface area contributed by atoms with Gasteiger partial charge in [0, 0.05) is 0 Å². The van der Waals surface area contributed by atoms with Crippen LogP contribution in [0.5, 0.6) is 0 Å². The summed E-state index contributed by atoms with van der Waals surface area (Å²) in [7, 11) is -3.73. The van der Waals surface area contributed by atoms with E-state index in [1.54, 1.807) is 0 Å². The van der Waals surface area contributed by atoms with Crippen LogP contribution in [-0.4, -0.2) is 14.4 Å². The summed E-state index contributed by atoms with van der Waals surface area (Å²) in [4.78, 5) is 10.7. The van der Waals surface area contributed by atoms with E-state index in [1.807, 2.05) is 0 Å². The van der Waals surface area contributed by atoms with Crippen molar-refractivity contribution in [1.29, 1.82) is 0 Å². The van der Waals surface area contributed by atoms with Gasteiger partial charge in [0.15, 0.2) is 0 Å². The van der Waals surface area contributed by atoms with E-state index >= 15 is 0 Å². The number of hydrogen-bond acceptors (Lipinski definition) is 4. The standard InChI is InChI=1S/C7H9N3O3S2/c8-7(11)10(14)5-1-3-6(4-2-5)15(9,12)13/h1-4,14H,(H2,8,11)(H2,9,12,13). The fraction of sp³-hybridized carbons (Fsp3) is 0. The van der Waals surface area contributed by atoms with Crippen LogP contribution in [0, 0.1) is 0 Å². The van der Waals surface area contributed by atoms with Gasteiger partial charge in [-0.05, 0) is 24.3 Å². The lowest BCUT2D eigenvalue weighted by molar-refractivity contribution is 0.257. The van der Waals surface area contributed by atoms with Crippen LogP contribution in [0.25, 0.3) is 0 Å². The quantitative estimate of drug-likeness (QED) is 0.643. The van der Waals surface area contributed by atoms with Gasteiger partial charge in [-0.2, -0.15) is 0 Å². The third-order valence-electron chi connectivity index (χ3n) is 1.62. The highest BCUT2D eigenvalue weighted by atomic mass is 32.2. The van der Waals surface area contributed by atoms with E-state index in [0.29, 0.717) is 5.69 Å². The summed E-state index contributed by atoms with van der Waals surface area (Å²) in [5, 5.41) is 4.89. The summed E-state index contributed by atoms with van der Waals surface area (Å²) in [5.41, 5.74) is 5.32. The number of sulfonamides is 1. The van der Waals surface area contributed by atoms with Crippen LogP contribution in [0.3, 0.4) is 0 Å². The minimum Gasteiger partial charge on any atom is -0.350 e. The first-order valence-corrected chi connectivity index (χ1v) is 5.68. The molecule has 1 aromatic rings. The van der Waals surface area contributed by atoms with Gasteiger partial charge < -0.3 is 5.73 Å². The molecule has 8 heteroatoms. The molecule has 0 aliphatic carbocycles. The van der Waals surface area contributed by atoms with E-state index < -0.39 is 16.1 Å². The predicted molar refractivity (Wildman–Crippen MR) is 58.9 cm³/mol. The van der Waals surface area contributed by atoms with Gasteiger partial charge in [-0.25, -0.2) is 22.7 Å². The van der Waals surface area contributed by atoms with Crippen molar-refractivity contribution in [2.24, 2.45) is 10.9 Å². The molecule has 0 fully saturated rings. The van der Waals surface area contributed by atoms with Gasteiger partial charge in [-0.1, -0.05) is 12.8 Å². The molecule has 0 saturated heterocycles. The van der Waals surface area contributed by atoms with Crippen LogP contribution in [0.2, 0.25) is 0 Å². The van der Waals surface area contributed by atoms with Gasteiger partial charge in [0.05, 0.1) is 10.6 Å². The molecule has 1 rings (SSSR count). The highest BCUT2D eigenvalue weighted by Gasteiger charge is 2.10. The average Bonchev–Trinajstić information content (AvgIpc) is 2.15. The molecular formula is C7H9N3O3S2. The second-order valence-corrected chi connectivity index (χ2v) is 4.65. The Balaban J connectivity index is 3.06. The Kier molecular flexibility index (Phi) is 3.22. The number of carbonyl (C=O) groups excluding carboxylic acids is 1.